The van der Waals surface area contributed by atoms with E-state index in [-0.39, 0.29) is 6.04 Å². The fourth-order valence-corrected chi connectivity index (χ4v) is 4.73. The lowest BCUT2D eigenvalue weighted by molar-refractivity contribution is -0.132. The van der Waals surface area contributed by atoms with Crippen LogP contribution in [0.15, 0.2) is 0 Å². The minimum Gasteiger partial charge on any atom is -0.322 e. The zero-order chi connectivity index (χ0) is 15.4. The second-order valence-corrected chi connectivity index (χ2v) is 8.01. The summed E-state index contributed by atoms with van der Waals surface area (Å²) in [4.78, 5) is 15.2. The molecule has 1 aliphatic heterocycles. The van der Waals surface area contributed by atoms with Gasteiger partial charge in [-0.1, -0.05) is 33.6 Å². The standard InChI is InChI=1S/C17H32N2OS/c1-5-14(11-21-4)19-16(13-8-6-7-9-13)18-15(17(19)20)10-12(2)3/h12-16,18H,5-11H2,1-4H3. The molecule has 122 valence electrons. The van der Waals surface area contributed by atoms with Crippen LogP contribution in [0.2, 0.25) is 0 Å². The highest BCUT2D eigenvalue weighted by Gasteiger charge is 2.45. The summed E-state index contributed by atoms with van der Waals surface area (Å²) in [7, 11) is 0. The molecule has 3 atom stereocenters. The first kappa shape index (κ1) is 17.1. The number of nitrogens with zero attached hydrogens (tertiary/aromatic N) is 1. The molecule has 0 bridgehead atoms. The van der Waals surface area contributed by atoms with Gasteiger partial charge in [-0.2, -0.15) is 11.8 Å². The lowest BCUT2D eigenvalue weighted by atomic mass is 10.0. The van der Waals surface area contributed by atoms with Crippen LogP contribution < -0.4 is 5.32 Å². The van der Waals surface area contributed by atoms with Gasteiger partial charge < -0.3 is 4.90 Å². The van der Waals surface area contributed by atoms with Crippen LogP contribution in [0.3, 0.4) is 0 Å². The van der Waals surface area contributed by atoms with Crippen molar-refractivity contribution >= 4 is 17.7 Å². The number of thioether (sulfide) groups is 1. The van der Waals surface area contributed by atoms with E-state index in [0.29, 0.717) is 30.0 Å². The maximum Gasteiger partial charge on any atom is 0.241 e. The van der Waals surface area contributed by atoms with Gasteiger partial charge in [0.25, 0.3) is 0 Å². The number of rotatable bonds is 7. The summed E-state index contributed by atoms with van der Waals surface area (Å²) in [5.74, 6) is 2.65. The van der Waals surface area contributed by atoms with Gasteiger partial charge in [-0.15, -0.1) is 0 Å². The van der Waals surface area contributed by atoms with E-state index in [4.69, 9.17) is 0 Å². The van der Waals surface area contributed by atoms with Crippen molar-refractivity contribution in [3.05, 3.63) is 0 Å². The van der Waals surface area contributed by atoms with Gasteiger partial charge in [0, 0.05) is 11.8 Å². The van der Waals surface area contributed by atoms with E-state index >= 15 is 0 Å². The van der Waals surface area contributed by atoms with Gasteiger partial charge in [0.1, 0.15) is 0 Å². The molecule has 2 rings (SSSR count). The van der Waals surface area contributed by atoms with Crippen LogP contribution in [-0.2, 0) is 4.79 Å². The molecule has 3 unspecified atom stereocenters. The summed E-state index contributed by atoms with van der Waals surface area (Å²) < 4.78 is 0. The molecule has 3 nitrogen and oxygen atoms in total. The Balaban J connectivity index is 2.15. The van der Waals surface area contributed by atoms with Crippen LogP contribution in [-0.4, -0.2) is 41.1 Å². The molecule has 0 spiro atoms. The third-order valence-corrected chi connectivity index (χ3v) is 5.72. The molecule has 1 aliphatic carbocycles. The number of carbonyl (C=O) groups is 1. The lowest BCUT2D eigenvalue weighted by Crippen LogP contribution is -2.48. The first-order valence-corrected chi connectivity index (χ1v) is 10.0. The third-order valence-electron chi connectivity index (χ3n) is 5.00. The summed E-state index contributed by atoms with van der Waals surface area (Å²) >= 11 is 1.86. The average molecular weight is 313 g/mol. The predicted molar refractivity (Wildman–Crippen MR) is 91.4 cm³/mol. The second kappa shape index (κ2) is 7.87. The van der Waals surface area contributed by atoms with Crippen molar-refractivity contribution in [3.63, 3.8) is 0 Å². The topological polar surface area (TPSA) is 32.3 Å². The molecule has 21 heavy (non-hydrogen) atoms. The van der Waals surface area contributed by atoms with Crippen molar-refractivity contribution < 1.29 is 4.79 Å². The van der Waals surface area contributed by atoms with Crippen molar-refractivity contribution in [3.8, 4) is 0 Å². The molecule has 0 aromatic carbocycles. The molecule has 4 heteroatoms. The molecule has 1 saturated heterocycles. The van der Waals surface area contributed by atoms with Crippen LogP contribution >= 0.6 is 11.8 Å². The molecule has 1 N–H and O–H groups in total. The van der Waals surface area contributed by atoms with E-state index in [1.54, 1.807) is 0 Å². The van der Waals surface area contributed by atoms with Crippen LogP contribution in [0.4, 0.5) is 0 Å². The van der Waals surface area contributed by atoms with Gasteiger partial charge in [-0.25, -0.2) is 0 Å². The Bertz CT molecular complexity index is 342. The molecule has 1 heterocycles. The van der Waals surface area contributed by atoms with Crippen LogP contribution in [0.25, 0.3) is 0 Å². The molecule has 2 fully saturated rings. The Morgan fingerprint density at radius 1 is 1.33 bits per heavy atom. The van der Waals surface area contributed by atoms with E-state index in [0.717, 1.165) is 18.6 Å². The smallest absolute Gasteiger partial charge is 0.241 e. The monoisotopic (exact) mass is 312 g/mol. The van der Waals surface area contributed by atoms with Crippen molar-refractivity contribution in [2.75, 3.05) is 12.0 Å². The molecule has 0 radical (unpaired) electrons. The minimum absolute atomic E-state index is 0.0477. The summed E-state index contributed by atoms with van der Waals surface area (Å²) in [5.41, 5.74) is 0. The summed E-state index contributed by atoms with van der Waals surface area (Å²) in [6, 6.07) is 0.439. The van der Waals surface area contributed by atoms with Gasteiger partial charge in [0.05, 0.1) is 12.2 Å². The van der Waals surface area contributed by atoms with Crippen molar-refractivity contribution in [1.82, 2.24) is 10.2 Å². The van der Waals surface area contributed by atoms with Crippen molar-refractivity contribution in [1.29, 1.82) is 0 Å². The number of nitrogens with one attached hydrogen (secondary N) is 1. The minimum atomic E-state index is 0.0477. The molecule has 1 saturated carbocycles. The summed E-state index contributed by atoms with van der Waals surface area (Å²) in [5, 5.41) is 3.70. The van der Waals surface area contributed by atoms with Gasteiger partial charge >= 0.3 is 0 Å². The third kappa shape index (κ3) is 3.95. The van der Waals surface area contributed by atoms with Crippen LogP contribution in [0.5, 0.6) is 0 Å². The molecule has 0 aromatic rings. The van der Waals surface area contributed by atoms with Crippen molar-refractivity contribution in [2.24, 2.45) is 11.8 Å². The Morgan fingerprint density at radius 2 is 2.00 bits per heavy atom. The van der Waals surface area contributed by atoms with Crippen LogP contribution in [0, 0.1) is 11.8 Å². The van der Waals surface area contributed by atoms with Gasteiger partial charge in [-0.3, -0.25) is 10.1 Å². The van der Waals surface area contributed by atoms with Gasteiger partial charge in [-0.05, 0) is 43.8 Å². The number of amides is 1. The first-order valence-electron chi connectivity index (χ1n) is 8.65. The molecule has 2 aliphatic rings. The zero-order valence-corrected chi connectivity index (χ0v) is 14.9. The largest absolute Gasteiger partial charge is 0.322 e. The predicted octanol–water partition coefficient (Wildman–Crippen LogP) is 3.49. The fourth-order valence-electron chi connectivity index (χ4n) is 3.95. The SMILES string of the molecule is CCC(CSC)N1C(=O)C(CC(C)C)NC1C1CCCC1. The first-order chi connectivity index (χ1) is 10.1. The number of hydrogen-bond donors (Lipinski definition) is 1. The van der Waals surface area contributed by atoms with E-state index in [2.05, 4.69) is 37.2 Å². The number of hydrogen-bond acceptors (Lipinski definition) is 3. The second-order valence-electron chi connectivity index (χ2n) is 7.10. The quantitative estimate of drug-likeness (QED) is 0.781. The van der Waals surface area contributed by atoms with E-state index in [1.165, 1.54) is 25.7 Å². The summed E-state index contributed by atoms with van der Waals surface area (Å²) in [6.07, 6.45) is 9.70. The Labute approximate surface area is 134 Å². The Kier molecular flexibility index (Phi) is 6.42. The normalized spacial score (nSPS) is 28.8. The maximum atomic E-state index is 12.9. The molecular formula is C17H32N2OS. The van der Waals surface area contributed by atoms with E-state index < -0.39 is 0 Å². The average Bonchev–Trinajstić information content (AvgIpc) is 3.05. The highest BCUT2D eigenvalue weighted by atomic mass is 32.2. The molecule has 0 aromatic heterocycles. The molecule has 1 amide bonds. The van der Waals surface area contributed by atoms with Gasteiger partial charge in [0.15, 0.2) is 0 Å². The van der Waals surface area contributed by atoms with Crippen molar-refractivity contribution in [2.45, 2.75) is 77.5 Å². The summed E-state index contributed by atoms with van der Waals surface area (Å²) in [6.45, 7) is 6.64. The zero-order valence-electron chi connectivity index (χ0n) is 14.1. The van der Waals surface area contributed by atoms with Crippen LogP contribution in [0.1, 0.15) is 59.3 Å². The molecular weight excluding hydrogens is 280 g/mol. The number of carbonyl (C=O) groups excluding carboxylic acids is 1. The Morgan fingerprint density at radius 3 is 2.52 bits per heavy atom. The maximum absolute atomic E-state index is 12.9. The highest BCUT2D eigenvalue weighted by Crippen LogP contribution is 2.34. The fraction of sp³-hybridized carbons (Fsp3) is 0.941. The Hall–Kier alpha value is -0.220. The lowest BCUT2D eigenvalue weighted by Gasteiger charge is -2.35. The van der Waals surface area contributed by atoms with E-state index in [9.17, 15) is 4.79 Å². The van der Waals surface area contributed by atoms with Gasteiger partial charge in [0.2, 0.25) is 5.91 Å². The highest BCUT2D eigenvalue weighted by molar-refractivity contribution is 7.98. The van der Waals surface area contributed by atoms with E-state index in [1.807, 2.05) is 11.8 Å².